The van der Waals surface area contributed by atoms with Gasteiger partial charge in [-0.25, -0.2) is 4.79 Å². The van der Waals surface area contributed by atoms with Crippen LogP contribution >= 0.6 is 0 Å². The lowest BCUT2D eigenvalue weighted by Gasteiger charge is -2.19. The van der Waals surface area contributed by atoms with Gasteiger partial charge in [-0.1, -0.05) is 79.7 Å². The summed E-state index contributed by atoms with van der Waals surface area (Å²) in [6, 6.07) is 31.9. The number of para-hydroxylation sites is 4. The third-order valence-electron chi connectivity index (χ3n) is 10.2. The van der Waals surface area contributed by atoms with Crippen LogP contribution in [0.2, 0.25) is 0 Å². The smallest absolute Gasteiger partial charge is 0.342 e. The predicted molar refractivity (Wildman–Crippen MR) is 188 cm³/mol. The summed E-state index contributed by atoms with van der Waals surface area (Å²) in [5, 5.41) is 3.81. The lowest BCUT2D eigenvalue weighted by Crippen LogP contribution is -2.16. The number of carbonyl (C=O) groups excluding carboxylic acids is 2. The predicted octanol–water partition coefficient (Wildman–Crippen LogP) is 9.67. The number of furan rings is 1. The van der Waals surface area contributed by atoms with Crippen LogP contribution in [0.5, 0.6) is 0 Å². The average Bonchev–Trinajstić information content (AvgIpc) is 3.43. The summed E-state index contributed by atoms with van der Waals surface area (Å²) in [6.07, 6.45) is 6.96. The summed E-state index contributed by atoms with van der Waals surface area (Å²) in [4.78, 5) is 34.2. The van der Waals surface area contributed by atoms with E-state index in [0.717, 1.165) is 79.8 Å². The Hall–Kier alpha value is -5.82. The maximum absolute atomic E-state index is 14.4. The average molecular weight is 632 g/mol. The van der Waals surface area contributed by atoms with E-state index in [4.69, 9.17) is 9.15 Å². The van der Waals surface area contributed by atoms with Gasteiger partial charge in [0.25, 0.3) is 0 Å². The Labute approximate surface area is 276 Å². The van der Waals surface area contributed by atoms with Gasteiger partial charge in [0.2, 0.25) is 0 Å². The minimum atomic E-state index is -0.397. The van der Waals surface area contributed by atoms with Crippen LogP contribution in [-0.2, 0) is 11.5 Å². The van der Waals surface area contributed by atoms with Gasteiger partial charge in [-0.2, -0.15) is 0 Å². The second kappa shape index (κ2) is 11.2. The summed E-state index contributed by atoms with van der Waals surface area (Å²) in [5.41, 5.74) is 8.56. The molecule has 48 heavy (non-hydrogen) atoms. The maximum Gasteiger partial charge on any atom is 0.342 e. The zero-order valence-corrected chi connectivity index (χ0v) is 26.4. The molecule has 2 N–H and O–H groups in total. The van der Waals surface area contributed by atoms with Crippen molar-refractivity contribution in [1.29, 1.82) is 0 Å². The Morgan fingerprint density at radius 2 is 1.56 bits per heavy atom. The van der Waals surface area contributed by atoms with Crippen molar-refractivity contribution in [3.63, 3.8) is 0 Å². The number of benzene rings is 4. The van der Waals surface area contributed by atoms with E-state index in [1.807, 2.05) is 83.4 Å². The molecule has 0 bridgehead atoms. The molecule has 4 aromatic carbocycles. The summed E-state index contributed by atoms with van der Waals surface area (Å²) in [5.74, 6) is -0.185. The Bertz CT molecular complexity index is 2510. The van der Waals surface area contributed by atoms with Gasteiger partial charge in [0.15, 0.2) is 13.0 Å². The van der Waals surface area contributed by atoms with Gasteiger partial charge >= 0.3 is 5.97 Å². The van der Waals surface area contributed by atoms with Gasteiger partial charge in [-0.3, -0.25) is 4.79 Å². The number of aldehydes is 1. The number of carbonyl (C=O) groups is 2. The molecule has 0 radical (unpaired) electrons. The van der Waals surface area contributed by atoms with Crippen molar-refractivity contribution in [1.82, 2.24) is 14.5 Å². The summed E-state index contributed by atoms with van der Waals surface area (Å²) < 4.78 is 14.2. The SMILES string of the molecule is CC(c1coc2ccccc12)c1c(C=O)c2ccccc2n1COC(=O)c1c(C(c2c[nH]c3ccccc23)C2CC2)[nH]c2ccccc12. The van der Waals surface area contributed by atoms with Crippen LogP contribution in [0.25, 0.3) is 43.7 Å². The number of hydrogen-bond donors (Lipinski definition) is 2. The van der Waals surface area contributed by atoms with Crippen molar-refractivity contribution in [2.45, 2.75) is 38.3 Å². The van der Waals surface area contributed by atoms with Crippen LogP contribution in [0.4, 0.5) is 0 Å². The summed E-state index contributed by atoms with van der Waals surface area (Å²) in [6.45, 7) is 2.01. The lowest BCUT2D eigenvalue weighted by molar-refractivity contribution is 0.0375. The molecule has 7 nitrogen and oxygen atoms in total. The fourth-order valence-electron chi connectivity index (χ4n) is 7.80. The van der Waals surface area contributed by atoms with E-state index in [0.29, 0.717) is 17.0 Å². The van der Waals surface area contributed by atoms with E-state index in [2.05, 4.69) is 41.3 Å². The number of ether oxygens (including phenoxy) is 1. The molecule has 8 aromatic rings. The van der Waals surface area contributed by atoms with E-state index >= 15 is 0 Å². The monoisotopic (exact) mass is 631 g/mol. The minimum Gasteiger partial charge on any atom is -0.464 e. The number of rotatable bonds is 9. The van der Waals surface area contributed by atoms with E-state index in [1.54, 1.807) is 6.26 Å². The molecule has 2 atom stereocenters. The van der Waals surface area contributed by atoms with Crippen LogP contribution in [0.15, 0.2) is 114 Å². The molecule has 1 aliphatic rings. The number of fused-ring (bicyclic) bond motifs is 4. The summed E-state index contributed by atoms with van der Waals surface area (Å²) >= 11 is 0. The Morgan fingerprint density at radius 1 is 0.875 bits per heavy atom. The first kappa shape index (κ1) is 28.4. The molecule has 7 heteroatoms. The van der Waals surface area contributed by atoms with Gasteiger partial charge in [0.05, 0.1) is 17.3 Å². The number of nitrogens with zero attached hydrogens (tertiary/aromatic N) is 1. The van der Waals surface area contributed by atoms with Gasteiger partial charge in [-0.05, 0) is 48.6 Å². The van der Waals surface area contributed by atoms with Crippen molar-refractivity contribution >= 4 is 55.9 Å². The number of aromatic amines is 2. The third kappa shape index (κ3) is 4.42. The second-order valence-corrected chi connectivity index (χ2v) is 12.9. The fraction of sp³-hybridized carbons (Fsp3) is 0.171. The molecule has 4 heterocycles. The quantitative estimate of drug-likeness (QED) is 0.123. The first-order valence-corrected chi connectivity index (χ1v) is 16.5. The highest BCUT2D eigenvalue weighted by atomic mass is 16.5. The van der Waals surface area contributed by atoms with Crippen molar-refractivity contribution in [2.24, 2.45) is 5.92 Å². The van der Waals surface area contributed by atoms with Gasteiger partial charge in [-0.15, -0.1) is 0 Å². The maximum atomic E-state index is 14.4. The highest BCUT2D eigenvalue weighted by molar-refractivity contribution is 6.06. The molecule has 9 rings (SSSR count). The molecule has 4 aromatic heterocycles. The zero-order valence-electron chi connectivity index (χ0n) is 26.4. The van der Waals surface area contributed by atoms with Gasteiger partial charge < -0.3 is 23.7 Å². The topological polar surface area (TPSA) is 93.0 Å². The molecule has 1 fully saturated rings. The standard InChI is InChI=1S/C41H33N3O4/c1-24(32-22-47-36-17-9-5-12-28(32)36)40-31(21-45)27-11-4-8-16-35(27)44(40)23-48-41(46)38-29-13-3-7-15-34(29)43-39(38)37(25-18-19-25)30-20-42-33-14-6-2-10-26(30)33/h2-17,20-22,24-25,37,42-43H,18-19,23H2,1H3. The second-order valence-electron chi connectivity index (χ2n) is 12.9. The molecular formula is C41H33N3O4. The van der Waals surface area contributed by atoms with Crippen LogP contribution in [0.1, 0.15) is 74.8 Å². The van der Waals surface area contributed by atoms with Crippen LogP contribution in [0.3, 0.4) is 0 Å². The molecule has 0 aliphatic heterocycles. The summed E-state index contributed by atoms with van der Waals surface area (Å²) in [7, 11) is 0. The molecule has 236 valence electrons. The van der Waals surface area contributed by atoms with E-state index < -0.39 is 5.97 Å². The third-order valence-corrected chi connectivity index (χ3v) is 10.2. The largest absolute Gasteiger partial charge is 0.464 e. The number of hydrogen-bond acceptors (Lipinski definition) is 4. The molecule has 2 unspecified atom stereocenters. The number of H-pyrrole nitrogens is 2. The Balaban J connectivity index is 1.14. The van der Waals surface area contributed by atoms with Crippen LogP contribution in [0, 0.1) is 5.92 Å². The highest BCUT2D eigenvalue weighted by Gasteiger charge is 2.39. The molecule has 0 amide bonds. The molecule has 1 aliphatic carbocycles. The van der Waals surface area contributed by atoms with Crippen molar-refractivity contribution < 1.29 is 18.7 Å². The number of aromatic nitrogens is 3. The first-order valence-electron chi connectivity index (χ1n) is 16.5. The highest BCUT2D eigenvalue weighted by Crippen LogP contribution is 2.49. The zero-order chi connectivity index (χ0) is 32.4. The van der Waals surface area contributed by atoms with E-state index in [-0.39, 0.29) is 18.6 Å². The minimum absolute atomic E-state index is 0.00938. The van der Waals surface area contributed by atoms with Crippen LogP contribution in [-0.4, -0.2) is 26.8 Å². The van der Waals surface area contributed by atoms with Crippen molar-refractivity contribution in [3.05, 3.63) is 143 Å². The van der Waals surface area contributed by atoms with Crippen molar-refractivity contribution in [2.75, 3.05) is 0 Å². The number of esters is 1. The lowest BCUT2D eigenvalue weighted by atomic mass is 9.88. The fourth-order valence-corrected chi connectivity index (χ4v) is 7.80. The van der Waals surface area contributed by atoms with Gasteiger partial charge in [0.1, 0.15) is 5.58 Å². The first-order chi connectivity index (χ1) is 23.6. The molecule has 1 saturated carbocycles. The Kier molecular flexibility index (Phi) is 6.61. The molecular weight excluding hydrogens is 598 g/mol. The van der Waals surface area contributed by atoms with E-state index in [1.165, 1.54) is 5.56 Å². The normalized spacial score (nSPS) is 14.6. The van der Waals surface area contributed by atoms with E-state index in [9.17, 15) is 9.59 Å². The van der Waals surface area contributed by atoms with Crippen molar-refractivity contribution in [3.8, 4) is 0 Å². The number of nitrogens with one attached hydrogen (secondary N) is 2. The Morgan fingerprint density at radius 3 is 2.35 bits per heavy atom. The molecule has 0 saturated heterocycles. The van der Waals surface area contributed by atoms with Gasteiger partial charge in [0, 0.05) is 73.1 Å². The molecule has 0 spiro atoms. The van der Waals surface area contributed by atoms with Crippen LogP contribution < -0.4 is 0 Å².